The van der Waals surface area contributed by atoms with Gasteiger partial charge in [0, 0.05) is 12.2 Å². The molecule has 5 nitrogen and oxygen atoms in total. The molecule has 25 heavy (non-hydrogen) atoms. The molecular formula is C20H23N3O2. The Hall–Kier alpha value is -2.84. The van der Waals surface area contributed by atoms with Crippen LogP contribution in [0, 0.1) is 17.2 Å². The highest BCUT2D eigenvalue weighted by molar-refractivity contribution is 5.89. The van der Waals surface area contributed by atoms with Crippen LogP contribution in [0.15, 0.2) is 54.6 Å². The first-order valence-corrected chi connectivity index (χ1v) is 8.32. The van der Waals surface area contributed by atoms with E-state index in [0.29, 0.717) is 25.4 Å². The molecule has 0 spiro atoms. The molecule has 0 saturated carbocycles. The fraction of sp³-hybridized carbons (Fsp3) is 0.300. The SMILES string of the molecule is CC(C#N)CNC(=O)Nc1cccc(COCCc2ccccc2)c1. The summed E-state index contributed by atoms with van der Waals surface area (Å²) in [6.07, 6.45) is 0.873. The van der Waals surface area contributed by atoms with E-state index in [-0.39, 0.29) is 11.9 Å². The highest BCUT2D eigenvalue weighted by atomic mass is 16.5. The van der Waals surface area contributed by atoms with E-state index in [1.165, 1.54) is 5.56 Å². The number of anilines is 1. The van der Waals surface area contributed by atoms with Crippen molar-refractivity contribution in [3.8, 4) is 6.07 Å². The van der Waals surface area contributed by atoms with Crippen molar-refractivity contribution >= 4 is 11.7 Å². The molecule has 2 aromatic rings. The van der Waals surface area contributed by atoms with Crippen LogP contribution in [0.25, 0.3) is 0 Å². The van der Waals surface area contributed by atoms with Gasteiger partial charge in [-0.2, -0.15) is 5.26 Å². The van der Waals surface area contributed by atoms with Crippen molar-refractivity contribution in [2.45, 2.75) is 20.0 Å². The number of carbonyl (C=O) groups excluding carboxylic acids is 1. The molecule has 0 bridgehead atoms. The second-order valence-corrected chi connectivity index (χ2v) is 5.85. The van der Waals surface area contributed by atoms with Crippen molar-refractivity contribution in [3.63, 3.8) is 0 Å². The lowest BCUT2D eigenvalue weighted by Gasteiger charge is -2.10. The summed E-state index contributed by atoms with van der Waals surface area (Å²) in [6, 6.07) is 19.5. The van der Waals surface area contributed by atoms with Crippen LogP contribution in [0.3, 0.4) is 0 Å². The van der Waals surface area contributed by atoms with Gasteiger partial charge in [0.05, 0.1) is 25.2 Å². The van der Waals surface area contributed by atoms with E-state index in [1.54, 1.807) is 6.92 Å². The summed E-state index contributed by atoms with van der Waals surface area (Å²) >= 11 is 0. The average Bonchev–Trinajstić information content (AvgIpc) is 2.64. The minimum Gasteiger partial charge on any atom is -0.376 e. The van der Waals surface area contributed by atoms with Crippen molar-refractivity contribution in [2.24, 2.45) is 5.92 Å². The summed E-state index contributed by atoms with van der Waals surface area (Å²) in [6.45, 7) is 3.22. The number of rotatable bonds is 8. The zero-order valence-electron chi connectivity index (χ0n) is 14.4. The average molecular weight is 337 g/mol. The number of ether oxygens (including phenoxy) is 1. The number of nitrogens with one attached hydrogen (secondary N) is 2. The Labute approximate surface area is 148 Å². The zero-order valence-corrected chi connectivity index (χ0v) is 14.4. The Morgan fingerprint density at radius 1 is 1.16 bits per heavy atom. The van der Waals surface area contributed by atoms with E-state index in [2.05, 4.69) is 28.8 Å². The summed E-state index contributed by atoms with van der Waals surface area (Å²) < 4.78 is 5.71. The fourth-order valence-electron chi connectivity index (χ4n) is 2.23. The second kappa shape index (κ2) is 10.1. The lowest BCUT2D eigenvalue weighted by Crippen LogP contribution is -2.32. The van der Waals surface area contributed by atoms with E-state index in [4.69, 9.17) is 10.00 Å². The van der Waals surface area contributed by atoms with Crippen LogP contribution in [0.4, 0.5) is 10.5 Å². The van der Waals surface area contributed by atoms with E-state index in [0.717, 1.165) is 12.0 Å². The predicted octanol–water partition coefficient (Wildman–Crippen LogP) is 3.73. The minimum atomic E-state index is -0.316. The molecule has 0 radical (unpaired) electrons. The number of amides is 2. The molecule has 130 valence electrons. The van der Waals surface area contributed by atoms with Crippen LogP contribution in [0.5, 0.6) is 0 Å². The number of benzene rings is 2. The maximum atomic E-state index is 11.8. The fourth-order valence-corrected chi connectivity index (χ4v) is 2.23. The van der Waals surface area contributed by atoms with Gasteiger partial charge in [0.1, 0.15) is 0 Å². The minimum absolute atomic E-state index is 0.213. The van der Waals surface area contributed by atoms with E-state index < -0.39 is 0 Å². The number of urea groups is 1. The van der Waals surface area contributed by atoms with E-state index in [1.807, 2.05) is 42.5 Å². The van der Waals surface area contributed by atoms with Crippen molar-refractivity contribution in [3.05, 3.63) is 65.7 Å². The first kappa shape index (κ1) is 18.5. The topological polar surface area (TPSA) is 74.2 Å². The first-order valence-electron chi connectivity index (χ1n) is 8.32. The maximum Gasteiger partial charge on any atom is 0.319 e. The lowest BCUT2D eigenvalue weighted by atomic mass is 10.2. The number of nitriles is 1. The van der Waals surface area contributed by atoms with Gasteiger partial charge < -0.3 is 15.4 Å². The monoisotopic (exact) mass is 337 g/mol. The normalized spacial score (nSPS) is 11.4. The van der Waals surface area contributed by atoms with Crippen LogP contribution < -0.4 is 10.6 Å². The largest absolute Gasteiger partial charge is 0.376 e. The zero-order chi connectivity index (χ0) is 17.9. The molecular weight excluding hydrogens is 314 g/mol. The van der Waals surface area contributed by atoms with Crippen LogP contribution in [0.2, 0.25) is 0 Å². The molecule has 1 atom stereocenters. The van der Waals surface area contributed by atoms with Gasteiger partial charge in [-0.3, -0.25) is 0 Å². The van der Waals surface area contributed by atoms with E-state index in [9.17, 15) is 4.79 Å². The highest BCUT2D eigenvalue weighted by Gasteiger charge is 2.05. The standard InChI is InChI=1S/C20H23N3O2/c1-16(13-21)14-22-20(24)23-19-9-5-8-18(12-19)15-25-11-10-17-6-3-2-4-7-17/h2-9,12,16H,10-11,14-15H2,1H3,(H2,22,23,24). The predicted molar refractivity (Wildman–Crippen MR) is 98.0 cm³/mol. The van der Waals surface area contributed by atoms with Gasteiger partial charge in [0.2, 0.25) is 0 Å². The Balaban J connectivity index is 1.74. The van der Waals surface area contributed by atoms with Gasteiger partial charge >= 0.3 is 6.03 Å². The van der Waals surface area contributed by atoms with Crippen LogP contribution in [0.1, 0.15) is 18.1 Å². The molecule has 2 rings (SSSR count). The number of hydrogen-bond donors (Lipinski definition) is 2. The smallest absolute Gasteiger partial charge is 0.319 e. The van der Waals surface area contributed by atoms with Crippen molar-refractivity contribution in [1.29, 1.82) is 5.26 Å². The molecule has 0 aliphatic carbocycles. The molecule has 5 heteroatoms. The van der Waals surface area contributed by atoms with Crippen molar-refractivity contribution in [1.82, 2.24) is 5.32 Å². The molecule has 0 aliphatic heterocycles. The highest BCUT2D eigenvalue weighted by Crippen LogP contribution is 2.12. The van der Waals surface area contributed by atoms with Gasteiger partial charge in [-0.1, -0.05) is 42.5 Å². The molecule has 2 amide bonds. The lowest BCUT2D eigenvalue weighted by molar-refractivity contribution is 0.124. The van der Waals surface area contributed by atoms with Crippen LogP contribution in [-0.2, 0) is 17.8 Å². The molecule has 0 fully saturated rings. The molecule has 1 unspecified atom stereocenters. The number of hydrogen-bond acceptors (Lipinski definition) is 3. The first-order chi connectivity index (χ1) is 12.2. The summed E-state index contributed by atoms with van der Waals surface area (Å²) in [5.41, 5.74) is 2.95. The van der Waals surface area contributed by atoms with Gasteiger partial charge in [-0.05, 0) is 36.6 Å². The Bertz CT molecular complexity index is 710. The third-order valence-electron chi connectivity index (χ3n) is 3.62. The van der Waals surface area contributed by atoms with Crippen molar-refractivity contribution < 1.29 is 9.53 Å². The Kier molecular flexibility index (Phi) is 7.48. The quantitative estimate of drug-likeness (QED) is 0.721. The van der Waals surface area contributed by atoms with Gasteiger partial charge in [0.25, 0.3) is 0 Å². The molecule has 0 heterocycles. The van der Waals surface area contributed by atoms with Gasteiger partial charge in [-0.25, -0.2) is 4.79 Å². The molecule has 0 aromatic heterocycles. The molecule has 0 aliphatic rings. The maximum absolute atomic E-state index is 11.8. The third-order valence-corrected chi connectivity index (χ3v) is 3.62. The number of nitrogens with zero attached hydrogens (tertiary/aromatic N) is 1. The summed E-state index contributed by atoms with van der Waals surface area (Å²) in [5.74, 6) is -0.213. The second-order valence-electron chi connectivity index (χ2n) is 5.85. The summed E-state index contributed by atoms with van der Waals surface area (Å²) in [7, 11) is 0. The van der Waals surface area contributed by atoms with Gasteiger partial charge in [0.15, 0.2) is 0 Å². The molecule has 2 aromatic carbocycles. The summed E-state index contributed by atoms with van der Waals surface area (Å²) in [5, 5.41) is 14.1. The number of carbonyl (C=O) groups is 1. The van der Waals surface area contributed by atoms with E-state index >= 15 is 0 Å². The molecule has 0 saturated heterocycles. The summed E-state index contributed by atoms with van der Waals surface area (Å²) in [4.78, 5) is 11.8. The Morgan fingerprint density at radius 2 is 1.92 bits per heavy atom. The Morgan fingerprint density at radius 3 is 2.68 bits per heavy atom. The van der Waals surface area contributed by atoms with Crippen LogP contribution >= 0.6 is 0 Å². The van der Waals surface area contributed by atoms with Crippen molar-refractivity contribution in [2.75, 3.05) is 18.5 Å². The van der Waals surface area contributed by atoms with Crippen LogP contribution in [-0.4, -0.2) is 19.2 Å². The molecule has 2 N–H and O–H groups in total. The third kappa shape index (κ3) is 7.06. The van der Waals surface area contributed by atoms with Gasteiger partial charge in [-0.15, -0.1) is 0 Å².